The Morgan fingerprint density at radius 3 is 2.92 bits per heavy atom. The molecule has 0 bridgehead atoms. The van der Waals surface area contributed by atoms with E-state index in [1.165, 1.54) is 12.1 Å². The van der Waals surface area contributed by atoms with Crippen LogP contribution >= 0.6 is 0 Å². The van der Waals surface area contributed by atoms with Gasteiger partial charge in [0.1, 0.15) is 0 Å². The third-order valence-corrected chi connectivity index (χ3v) is 4.34. The number of nitrogens with one attached hydrogen (secondary N) is 2. The monoisotopic (exact) mass is 329 g/mol. The number of nitrogens with zero attached hydrogens (tertiary/aromatic N) is 3. The normalized spacial score (nSPS) is 17.1. The van der Waals surface area contributed by atoms with E-state index in [4.69, 9.17) is 0 Å². The number of hydrogen-bond acceptors (Lipinski definition) is 4. The Morgan fingerprint density at radius 2 is 2.25 bits per heavy atom. The number of nitro groups is 1. The van der Waals surface area contributed by atoms with Gasteiger partial charge in [-0.3, -0.25) is 15.2 Å². The lowest BCUT2D eigenvalue weighted by molar-refractivity contribution is -0.384. The van der Waals surface area contributed by atoms with Crippen LogP contribution in [0.5, 0.6) is 0 Å². The molecule has 0 unspecified atom stereocenters. The third-order valence-electron chi connectivity index (χ3n) is 4.34. The summed E-state index contributed by atoms with van der Waals surface area (Å²) in [7, 11) is 0. The zero-order chi connectivity index (χ0) is 17.3. The Labute approximate surface area is 139 Å². The van der Waals surface area contributed by atoms with Crippen molar-refractivity contribution in [1.29, 1.82) is 0 Å². The van der Waals surface area contributed by atoms with Crippen molar-refractivity contribution in [2.75, 3.05) is 11.9 Å². The van der Waals surface area contributed by atoms with Crippen LogP contribution in [0.4, 0.5) is 16.2 Å². The molecule has 1 aromatic carbocycles. The van der Waals surface area contributed by atoms with Crippen LogP contribution in [0.25, 0.3) is 0 Å². The highest BCUT2D eigenvalue weighted by Crippen LogP contribution is 2.35. The molecular formula is C16H19N5O3. The first-order valence-electron chi connectivity index (χ1n) is 7.81. The van der Waals surface area contributed by atoms with Crippen LogP contribution in [-0.4, -0.2) is 32.6 Å². The van der Waals surface area contributed by atoms with Crippen molar-refractivity contribution in [2.24, 2.45) is 0 Å². The molecule has 0 saturated carbocycles. The zero-order valence-electron chi connectivity index (χ0n) is 13.6. The first-order chi connectivity index (χ1) is 11.5. The standard InChI is InChI=1S/C16H19N5O3/c1-10-15(11(2)19-18-10)14-7-4-8-20(14)16(22)17-12-5-3-6-13(9-12)21(23)24/h3,5-6,9,14H,4,7-8H2,1-2H3,(H,17,22)(H,18,19)/t14-/m0/s1. The van der Waals surface area contributed by atoms with Crippen molar-refractivity contribution in [2.45, 2.75) is 32.7 Å². The number of hydrogen-bond donors (Lipinski definition) is 2. The summed E-state index contributed by atoms with van der Waals surface area (Å²) < 4.78 is 0. The minimum Gasteiger partial charge on any atom is -0.317 e. The third kappa shape index (κ3) is 2.94. The van der Waals surface area contributed by atoms with E-state index in [0.717, 1.165) is 29.8 Å². The van der Waals surface area contributed by atoms with Crippen molar-refractivity contribution in [3.8, 4) is 0 Å². The van der Waals surface area contributed by atoms with Crippen LogP contribution in [0, 0.1) is 24.0 Å². The molecule has 1 fully saturated rings. The van der Waals surface area contributed by atoms with E-state index in [0.29, 0.717) is 12.2 Å². The number of likely N-dealkylation sites (tertiary alicyclic amines) is 1. The van der Waals surface area contributed by atoms with Gasteiger partial charge in [0.25, 0.3) is 5.69 Å². The van der Waals surface area contributed by atoms with Crippen LogP contribution in [0.2, 0.25) is 0 Å². The second-order valence-electron chi connectivity index (χ2n) is 5.94. The number of nitro benzene ring substituents is 1. The first-order valence-corrected chi connectivity index (χ1v) is 7.81. The highest BCUT2D eigenvalue weighted by molar-refractivity contribution is 5.90. The fourth-order valence-electron chi connectivity index (χ4n) is 3.25. The van der Waals surface area contributed by atoms with Crippen molar-refractivity contribution in [1.82, 2.24) is 15.1 Å². The summed E-state index contributed by atoms with van der Waals surface area (Å²) in [5.74, 6) is 0. The van der Waals surface area contributed by atoms with E-state index < -0.39 is 4.92 Å². The van der Waals surface area contributed by atoms with Gasteiger partial charge < -0.3 is 10.2 Å². The molecule has 2 aromatic rings. The first kappa shape index (κ1) is 16.0. The number of benzene rings is 1. The molecule has 3 rings (SSSR count). The fourth-order valence-corrected chi connectivity index (χ4v) is 3.25. The van der Waals surface area contributed by atoms with Gasteiger partial charge in [0.05, 0.1) is 16.7 Å². The van der Waals surface area contributed by atoms with Crippen LogP contribution in [-0.2, 0) is 0 Å². The van der Waals surface area contributed by atoms with Crippen LogP contribution in [0.3, 0.4) is 0 Å². The van der Waals surface area contributed by atoms with Crippen molar-refractivity contribution >= 4 is 17.4 Å². The summed E-state index contributed by atoms with van der Waals surface area (Å²) in [4.78, 5) is 24.8. The lowest BCUT2D eigenvalue weighted by Gasteiger charge is -2.25. The number of aryl methyl sites for hydroxylation is 2. The average molecular weight is 329 g/mol. The van der Waals surface area contributed by atoms with Gasteiger partial charge in [-0.2, -0.15) is 5.10 Å². The Balaban J connectivity index is 1.79. The largest absolute Gasteiger partial charge is 0.322 e. The number of aromatic nitrogens is 2. The molecule has 24 heavy (non-hydrogen) atoms. The van der Waals surface area contributed by atoms with Crippen molar-refractivity contribution in [3.63, 3.8) is 0 Å². The number of non-ortho nitro benzene ring substituents is 1. The lowest BCUT2D eigenvalue weighted by Crippen LogP contribution is -2.34. The Bertz CT molecular complexity index is 766. The lowest BCUT2D eigenvalue weighted by atomic mass is 10.0. The second-order valence-corrected chi connectivity index (χ2v) is 5.94. The van der Waals surface area contributed by atoms with Gasteiger partial charge in [-0.05, 0) is 32.8 Å². The fraction of sp³-hybridized carbons (Fsp3) is 0.375. The number of carbonyl (C=O) groups excluding carboxylic acids is 1. The van der Waals surface area contributed by atoms with Crippen LogP contribution in [0.15, 0.2) is 24.3 Å². The average Bonchev–Trinajstić information content (AvgIpc) is 3.14. The summed E-state index contributed by atoms with van der Waals surface area (Å²) in [6, 6.07) is 5.67. The molecule has 8 nitrogen and oxygen atoms in total. The summed E-state index contributed by atoms with van der Waals surface area (Å²) in [5, 5.41) is 20.8. The zero-order valence-corrected chi connectivity index (χ0v) is 13.6. The summed E-state index contributed by atoms with van der Waals surface area (Å²) in [5.41, 5.74) is 3.29. The number of amides is 2. The molecule has 0 spiro atoms. The highest BCUT2D eigenvalue weighted by atomic mass is 16.6. The molecule has 8 heteroatoms. The Kier molecular flexibility index (Phi) is 4.20. The predicted octanol–water partition coefficient (Wildman–Crippen LogP) is 3.30. The van der Waals surface area contributed by atoms with Crippen LogP contribution < -0.4 is 5.32 Å². The molecule has 1 aliphatic rings. The van der Waals surface area contributed by atoms with Crippen molar-refractivity contribution < 1.29 is 9.72 Å². The van der Waals surface area contributed by atoms with E-state index in [9.17, 15) is 14.9 Å². The molecule has 2 heterocycles. The molecule has 1 aromatic heterocycles. The molecule has 1 atom stereocenters. The smallest absolute Gasteiger partial charge is 0.317 e. The number of urea groups is 1. The number of aromatic amines is 1. The molecule has 0 aliphatic carbocycles. The quantitative estimate of drug-likeness (QED) is 0.666. The SMILES string of the molecule is Cc1n[nH]c(C)c1[C@@H]1CCCN1C(=O)Nc1cccc([N+](=O)[O-])c1. The number of carbonyl (C=O) groups is 1. The molecule has 126 valence electrons. The second kappa shape index (κ2) is 6.31. The van der Waals surface area contributed by atoms with Crippen LogP contribution in [0.1, 0.15) is 35.8 Å². The van der Waals surface area contributed by atoms with Gasteiger partial charge in [0, 0.05) is 35.6 Å². The maximum Gasteiger partial charge on any atom is 0.322 e. The highest BCUT2D eigenvalue weighted by Gasteiger charge is 2.33. The summed E-state index contributed by atoms with van der Waals surface area (Å²) in [6.07, 6.45) is 1.79. The molecular weight excluding hydrogens is 310 g/mol. The maximum atomic E-state index is 12.6. The van der Waals surface area contributed by atoms with Gasteiger partial charge in [0.2, 0.25) is 0 Å². The van der Waals surface area contributed by atoms with Crippen molar-refractivity contribution in [3.05, 3.63) is 51.3 Å². The molecule has 2 amide bonds. The van der Waals surface area contributed by atoms with E-state index in [-0.39, 0.29) is 17.8 Å². The van der Waals surface area contributed by atoms with E-state index >= 15 is 0 Å². The Morgan fingerprint density at radius 1 is 1.46 bits per heavy atom. The number of rotatable bonds is 3. The van der Waals surface area contributed by atoms with E-state index in [1.807, 2.05) is 13.8 Å². The van der Waals surface area contributed by atoms with Gasteiger partial charge in [-0.1, -0.05) is 6.07 Å². The topological polar surface area (TPSA) is 104 Å². The van der Waals surface area contributed by atoms with Gasteiger partial charge in [-0.25, -0.2) is 4.79 Å². The summed E-state index contributed by atoms with van der Waals surface area (Å²) >= 11 is 0. The number of anilines is 1. The van der Waals surface area contributed by atoms with Gasteiger partial charge in [-0.15, -0.1) is 0 Å². The molecule has 1 aliphatic heterocycles. The Hall–Kier alpha value is -2.90. The molecule has 0 radical (unpaired) electrons. The van der Waals surface area contributed by atoms with Gasteiger partial charge in [0.15, 0.2) is 0 Å². The maximum absolute atomic E-state index is 12.6. The van der Waals surface area contributed by atoms with E-state index in [1.54, 1.807) is 17.0 Å². The van der Waals surface area contributed by atoms with E-state index in [2.05, 4.69) is 15.5 Å². The molecule has 2 N–H and O–H groups in total. The minimum atomic E-state index is -0.480. The van der Waals surface area contributed by atoms with Gasteiger partial charge >= 0.3 is 6.03 Å². The number of H-pyrrole nitrogens is 1. The minimum absolute atomic E-state index is 0.0255. The predicted molar refractivity (Wildman–Crippen MR) is 88.9 cm³/mol. The summed E-state index contributed by atoms with van der Waals surface area (Å²) in [6.45, 7) is 4.52. The molecule has 1 saturated heterocycles.